The van der Waals surface area contributed by atoms with Gasteiger partial charge in [-0.3, -0.25) is 4.79 Å². The molecule has 0 aromatic rings. The zero-order valence-electron chi connectivity index (χ0n) is 7.88. The van der Waals surface area contributed by atoms with Gasteiger partial charge in [0.05, 0.1) is 6.42 Å². The van der Waals surface area contributed by atoms with Crippen LogP contribution in [0.4, 0.5) is 0 Å². The summed E-state index contributed by atoms with van der Waals surface area (Å²) >= 11 is 0. The van der Waals surface area contributed by atoms with E-state index in [9.17, 15) is 4.79 Å². The fourth-order valence-electron chi connectivity index (χ4n) is 1.57. The highest BCUT2D eigenvalue weighted by Crippen LogP contribution is 2.05. The van der Waals surface area contributed by atoms with Crippen molar-refractivity contribution in [3.05, 3.63) is 0 Å². The minimum Gasteiger partial charge on any atom is -0.481 e. The van der Waals surface area contributed by atoms with Crippen LogP contribution in [-0.4, -0.2) is 36.8 Å². The largest absolute Gasteiger partial charge is 0.481 e. The zero-order valence-corrected chi connectivity index (χ0v) is 7.88. The summed E-state index contributed by atoms with van der Waals surface area (Å²) in [6.07, 6.45) is 3.98. The highest BCUT2D eigenvalue weighted by molar-refractivity contribution is 5.66. The van der Waals surface area contributed by atoms with Gasteiger partial charge in [-0.1, -0.05) is 6.42 Å². The van der Waals surface area contributed by atoms with Gasteiger partial charge in [-0.05, 0) is 19.4 Å². The van der Waals surface area contributed by atoms with E-state index in [1.165, 1.54) is 19.3 Å². The van der Waals surface area contributed by atoms with Gasteiger partial charge in [-0.2, -0.15) is 0 Å². The number of rotatable bonds is 5. The zero-order chi connectivity index (χ0) is 9.52. The van der Waals surface area contributed by atoms with Crippen LogP contribution in [0.2, 0.25) is 0 Å². The highest BCUT2D eigenvalue weighted by Gasteiger charge is 2.11. The first-order valence-electron chi connectivity index (χ1n) is 4.95. The van der Waals surface area contributed by atoms with E-state index in [1.54, 1.807) is 0 Å². The molecular formula is C9H18N2O2. The van der Waals surface area contributed by atoms with E-state index >= 15 is 0 Å². The lowest BCUT2D eigenvalue weighted by Crippen LogP contribution is -2.42. The Labute approximate surface area is 78.7 Å². The second-order valence-electron chi connectivity index (χ2n) is 3.49. The molecule has 1 atom stereocenters. The predicted molar refractivity (Wildman–Crippen MR) is 50.8 cm³/mol. The molecule has 0 saturated carbocycles. The number of hydrogen-bond acceptors (Lipinski definition) is 3. The molecule has 4 heteroatoms. The standard InChI is InChI=1S/C9H18N2O2/c12-9(13)4-6-10-7-8-3-1-2-5-11-8/h8,10-11H,1-7H2,(H,12,13). The number of nitrogens with one attached hydrogen (secondary N) is 2. The molecule has 0 bridgehead atoms. The average Bonchev–Trinajstić information content (AvgIpc) is 2.14. The van der Waals surface area contributed by atoms with Crippen LogP contribution in [0.5, 0.6) is 0 Å². The molecular weight excluding hydrogens is 168 g/mol. The maximum atomic E-state index is 10.2. The van der Waals surface area contributed by atoms with Crippen LogP contribution < -0.4 is 10.6 Å². The first-order chi connectivity index (χ1) is 6.29. The van der Waals surface area contributed by atoms with E-state index in [2.05, 4.69) is 10.6 Å². The Morgan fingerprint density at radius 1 is 1.54 bits per heavy atom. The molecule has 3 N–H and O–H groups in total. The van der Waals surface area contributed by atoms with Crippen molar-refractivity contribution in [2.24, 2.45) is 0 Å². The molecule has 1 rings (SSSR count). The van der Waals surface area contributed by atoms with E-state index in [1.807, 2.05) is 0 Å². The van der Waals surface area contributed by atoms with Crippen LogP contribution in [0, 0.1) is 0 Å². The number of aliphatic carboxylic acids is 1. The van der Waals surface area contributed by atoms with Crippen molar-refractivity contribution < 1.29 is 9.90 Å². The normalized spacial score (nSPS) is 22.9. The third-order valence-electron chi connectivity index (χ3n) is 2.32. The van der Waals surface area contributed by atoms with Crippen molar-refractivity contribution >= 4 is 5.97 Å². The Hall–Kier alpha value is -0.610. The Balaban J connectivity index is 1.95. The lowest BCUT2D eigenvalue weighted by atomic mass is 10.1. The van der Waals surface area contributed by atoms with Crippen LogP contribution in [0.25, 0.3) is 0 Å². The molecule has 13 heavy (non-hydrogen) atoms. The smallest absolute Gasteiger partial charge is 0.304 e. The van der Waals surface area contributed by atoms with Gasteiger partial charge in [0, 0.05) is 19.1 Å². The van der Waals surface area contributed by atoms with Crippen molar-refractivity contribution in [2.45, 2.75) is 31.7 Å². The molecule has 0 aromatic carbocycles. The third-order valence-corrected chi connectivity index (χ3v) is 2.32. The quantitative estimate of drug-likeness (QED) is 0.536. The van der Waals surface area contributed by atoms with Gasteiger partial charge in [0.25, 0.3) is 0 Å². The molecule has 1 unspecified atom stereocenters. The molecule has 1 saturated heterocycles. The molecule has 1 fully saturated rings. The lowest BCUT2D eigenvalue weighted by molar-refractivity contribution is -0.136. The van der Waals surface area contributed by atoms with Gasteiger partial charge in [0.15, 0.2) is 0 Å². The van der Waals surface area contributed by atoms with Crippen molar-refractivity contribution in [2.75, 3.05) is 19.6 Å². The molecule has 0 radical (unpaired) electrons. The summed E-state index contributed by atoms with van der Waals surface area (Å²) in [4.78, 5) is 10.2. The minimum absolute atomic E-state index is 0.215. The first-order valence-corrected chi connectivity index (χ1v) is 4.95. The second-order valence-corrected chi connectivity index (χ2v) is 3.49. The molecule has 0 amide bonds. The Bertz CT molecular complexity index is 156. The van der Waals surface area contributed by atoms with E-state index in [-0.39, 0.29) is 6.42 Å². The van der Waals surface area contributed by atoms with E-state index in [0.29, 0.717) is 12.6 Å². The molecule has 1 aliphatic heterocycles. The molecule has 4 nitrogen and oxygen atoms in total. The van der Waals surface area contributed by atoms with Crippen LogP contribution >= 0.6 is 0 Å². The number of carboxylic acids is 1. The summed E-state index contributed by atoms with van der Waals surface area (Å²) in [7, 11) is 0. The van der Waals surface area contributed by atoms with Crippen molar-refractivity contribution in [1.82, 2.24) is 10.6 Å². The van der Waals surface area contributed by atoms with Gasteiger partial charge in [0.2, 0.25) is 0 Å². The summed E-state index contributed by atoms with van der Waals surface area (Å²) in [6, 6.07) is 0.544. The highest BCUT2D eigenvalue weighted by atomic mass is 16.4. The van der Waals surface area contributed by atoms with Gasteiger partial charge in [0.1, 0.15) is 0 Å². The topological polar surface area (TPSA) is 61.4 Å². The molecule has 1 heterocycles. The van der Waals surface area contributed by atoms with Crippen molar-refractivity contribution in [1.29, 1.82) is 0 Å². The summed E-state index contributed by atoms with van der Waals surface area (Å²) in [5.74, 6) is -0.732. The molecule has 0 aromatic heterocycles. The summed E-state index contributed by atoms with van der Waals surface area (Å²) < 4.78 is 0. The fraction of sp³-hybridized carbons (Fsp3) is 0.889. The molecule has 0 spiro atoms. The fourth-order valence-corrected chi connectivity index (χ4v) is 1.57. The van der Waals surface area contributed by atoms with Crippen LogP contribution in [0.3, 0.4) is 0 Å². The second kappa shape index (κ2) is 5.94. The number of hydrogen-bond donors (Lipinski definition) is 3. The Kier molecular flexibility index (Phi) is 4.78. The Morgan fingerprint density at radius 2 is 2.38 bits per heavy atom. The van der Waals surface area contributed by atoms with Gasteiger partial charge in [-0.15, -0.1) is 0 Å². The predicted octanol–water partition coefficient (Wildman–Crippen LogP) is 0.193. The number of carbonyl (C=O) groups is 1. The van der Waals surface area contributed by atoms with Crippen LogP contribution in [0.1, 0.15) is 25.7 Å². The minimum atomic E-state index is -0.732. The van der Waals surface area contributed by atoms with E-state index < -0.39 is 5.97 Å². The van der Waals surface area contributed by atoms with Gasteiger partial charge >= 0.3 is 5.97 Å². The maximum Gasteiger partial charge on any atom is 0.304 e. The van der Waals surface area contributed by atoms with Crippen molar-refractivity contribution in [3.8, 4) is 0 Å². The van der Waals surface area contributed by atoms with Gasteiger partial charge in [-0.25, -0.2) is 0 Å². The van der Waals surface area contributed by atoms with Crippen LogP contribution in [0.15, 0.2) is 0 Å². The van der Waals surface area contributed by atoms with Crippen LogP contribution in [-0.2, 0) is 4.79 Å². The van der Waals surface area contributed by atoms with E-state index in [4.69, 9.17) is 5.11 Å². The summed E-state index contributed by atoms with van der Waals surface area (Å²) in [5.41, 5.74) is 0. The SMILES string of the molecule is O=C(O)CCNCC1CCCCN1. The monoisotopic (exact) mass is 186 g/mol. The Morgan fingerprint density at radius 3 is 3.00 bits per heavy atom. The summed E-state index contributed by atoms with van der Waals surface area (Å²) in [5, 5.41) is 14.9. The molecule has 0 aliphatic carbocycles. The van der Waals surface area contributed by atoms with Gasteiger partial charge < -0.3 is 15.7 Å². The molecule has 76 valence electrons. The number of carboxylic acid groups (broad SMARTS) is 1. The summed E-state index contributed by atoms with van der Waals surface area (Å²) in [6.45, 7) is 2.58. The van der Waals surface area contributed by atoms with Crippen molar-refractivity contribution in [3.63, 3.8) is 0 Å². The molecule has 1 aliphatic rings. The lowest BCUT2D eigenvalue weighted by Gasteiger charge is -2.23. The maximum absolute atomic E-state index is 10.2. The third kappa shape index (κ3) is 4.85. The number of piperidine rings is 1. The first kappa shape index (κ1) is 10.5. The average molecular weight is 186 g/mol. The van der Waals surface area contributed by atoms with E-state index in [0.717, 1.165) is 13.1 Å².